The minimum Gasteiger partial charge on any atom is -0.350 e. The quantitative estimate of drug-likeness (QED) is 0.744. The molecule has 3 heteroatoms. The van der Waals surface area contributed by atoms with Gasteiger partial charge in [0, 0.05) is 36.4 Å². The number of rotatable bonds is 7. The Bertz CT molecular complexity index is 417. The third kappa shape index (κ3) is 3.72. The first-order valence-electron chi connectivity index (χ1n) is 6.27. The highest BCUT2D eigenvalue weighted by Gasteiger charge is 1.99. The molecule has 0 aliphatic rings. The minimum absolute atomic E-state index is 0.971. The van der Waals surface area contributed by atoms with Gasteiger partial charge in [-0.15, -0.1) is 11.3 Å². The highest BCUT2D eigenvalue weighted by atomic mass is 32.1. The molecule has 2 rings (SSSR count). The zero-order valence-corrected chi connectivity index (χ0v) is 11.2. The van der Waals surface area contributed by atoms with E-state index >= 15 is 0 Å². The summed E-state index contributed by atoms with van der Waals surface area (Å²) < 4.78 is 2.33. The van der Waals surface area contributed by atoms with Crippen LogP contribution in [-0.2, 0) is 19.5 Å². The van der Waals surface area contributed by atoms with Crippen LogP contribution in [0.15, 0.2) is 35.8 Å². The largest absolute Gasteiger partial charge is 0.350 e. The first kappa shape index (κ1) is 12.4. The molecule has 2 aromatic heterocycles. The van der Waals surface area contributed by atoms with E-state index in [1.165, 1.54) is 17.0 Å². The summed E-state index contributed by atoms with van der Waals surface area (Å²) in [6.07, 6.45) is 4.49. The monoisotopic (exact) mass is 248 g/mol. The van der Waals surface area contributed by atoms with E-state index in [9.17, 15) is 0 Å². The molecule has 0 saturated heterocycles. The first-order valence-corrected chi connectivity index (χ1v) is 7.15. The minimum atomic E-state index is 0.971. The summed E-state index contributed by atoms with van der Waals surface area (Å²) in [6, 6.07) is 8.65. The summed E-state index contributed by atoms with van der Waals surface area (Å²) in [7, 11) is 0. The number of nitrogens with one attached hydrogen (secondary N) is 1. The Morgan fingerprint density at radius 3 is 3.00 bits per heavy atom. The lowest BCUT2D eigenvalue weighted by Crippen LogP contribution is -2.18. The highest BCUT2D eigenvalue weighted by molar-refractivity contribution is 7.09. The molecular formula is C14H20N2S. The molecule has 0 bridgehead atoms. The number of thiophene rings is 1. The number of hydrogen-bond acceptors (Lipinski definition) is 2. The molecule has 0 aliphatic carbocycles. The van der Waals surface area contributed by atoms with Crippen LogP contribution < -0.4 is 5.32 Å². The number of hydrogen-bond donors (Lipinski definition) is 1. The van der Waals surface area contributed by atoms with Gasteiger partial charge in [0.25, 0.3) is 0 Å². The standard InChI is InChI=1S/C14H20N2S/c1-2-9-16-10-3-5-13(16)12-15-8-7-14-6-4-11-17-14/h3-6,10-11,15H,2,7-9,12H2,1H3. The molecule has 2 heterocycles. The van der Waals surface area contributed by atoms with Gasteiger partial charge in [-0.25, -0.2) is 0 Å². The van der Waals surface area contributed by atoms with Gasteiger partial charge in [0.1, 0.15) is 0 Å². The van der Waals surface area contributed by atoms with Gasteiger partial charge < -0.3 is 9.88 Å². The van der Waals surface area contributed by atoms with Crippen molar-refractivity contribution in [2.24, 2.45) is 0 Å². The second-order valence-electron chi connectivity index (χ2n) is 4.20. The van der Waals surface area contributed by atoms with Crippen molar-refractivity contribution in [3.8, 4) is 0 Å². The Morgan fingerprint density at radius 1 is 1.29 bits per heavy atom. The van der Waals surface area contributed by atoms with Crippen molar-refractivity contribution >= 4 is 11.3 Å². The maximum atomic E-state index is 3.51. The topological polar surface area (TPSA) is 17.0 Å². The molecule has 0 atom stereocenters. The Morgan fingerprint density at radius 2 is 2.24 bits per heavy atom. The lowest BCUT2D eigenvalue weighted by Gasteiger charge is -2.08. The van der Waals surface area contributed by atoms with Crippen molar-refractivity contribution in [1.82, 2.24) is 9.88 Å². The summed E-state index contributed by atoms with van der Waals surface area (Å²) in [6.45, 7) is 5.36. The number of aryl methyl sites for hydroxylation is 1. The molecule has 0 amide bonds. The van der Waals surface area contributed by atoms with Crippen molar-refractivity contribution in [2.75, 3.05) is 6.54 Å². The van der Waals surface area contributed by atoms with Gasteiger partial charge in [0.15, 0.2) is 0 Å². The van der Waals surface area contributed by atoms with Crippen LogP contribution in [0.25, 0.3) is 0 Å². The molecular weight excluding hydrogens is 228 g/mol. The fraction of sp³-hybridized carbons (Fsp3) is 0.429. The molecule has 0 spiro atoms. The van der Waals surface area contributed by atoms with E-state index in [1.807, 2.05) is 11.3 Å². The van der Waals surface area contributed by atoms with Crippen LogP contribution in [0, 0.1) is 0 Å². The Hall–Kier alpha value is -1.06. The maximum Gasteiger partial charge on any atom is 0.0359 e. The smallest absolute Gasteiger partial charge is 0.0359 e. The van der Waals surface area contributed by atoms with Gasteiger partial charge in [-0.2, -0.15) is 0 Å². The normalized spacial score (nSPS) is 10.9. The molecule has 17 heavy (non-hydrogen) atoms. The van der Waals surface area contributed by atoms with Gasteiger partial charge in [0.2, 0.25) is 0 Å². The van der Waals surface area contributed by atoms with E-state index < -0.39 is 0 Å². The predicted molar refractivity (Wildman–Crippen MR) is 74.5 cm³/mol. The third-order valence-electron chi connectivity index (χ3n) is 2.82. The molecule has 2 aromatic rings. The molecule has 0 aromatic carbocycles. The zero-order valence-electron chi connectivity index (χ0n) is 10.4. The second kappa shape index (κ2) is 6.62. The molecule has 0 aliphatic heterocycles. The van der Waals surface area contributed by atoms with Crippen molar-refractivity contribution in [2.45, 2.75) is 32.9 Å². The SMILES string of the molecule is CCCn1cccc1CNCCc1cccs1. The van der Waals surface area contributed by atoms with E-state index in [2.05, 4.69) is 52.7 Å². The van der Waals surface area contributed by atoms with E-state index in [1.54, 1.807) is 0 Å². The van der Waals surface area contributed by atoms with E-state index in [-0.39, 0.29) is 0 Å². The van der Waals surface area contributed by atoms with Gasteiger partial charge in [-0.1, -0.05) is 13.0 Å². The second-order valence-corrected chi connectivity index (χ2v) is 5.23. The van der Waals surface area contributed by atoms with Crippen LogP contribution in [0.1, 0.15) is 23.9 Å². The molecule has 0 radical (unpaired) electrons. The lowest BCUT2D eigenvalue weighted by molar-refractivity contribution is 0.603. The Kier molecular flexibility index (Phi) is 4.83. The average molecular weight is 248 g/mol. The van der Waals surface area contributed by atoms with Crippen LogP contribution >= 0.6 is 11.3 Å². The van der Waals surface area contributed by atoms with Crippen molar-refractivity contribution in [1.29, 1.82) is 0 Å². The van der Waals surface area contributed by atoms with Crippen molar-refractivity contribution in [3.05, 3.63) is 46.4 Å². The molecule has 92 valence electrons. The van der Waals surface area contributed by atoms with Gasteiger partial charge in [-0.3, -0.25) is 0 Å². The third-order valence-corrected chi connectivity index (χ3v) is 3.76. The Labute approximate surface area is 107 Å². The van der Waals surface area contributed by atoms with Crippen molar-refractivity contribution in [3.63, 3.8) is 0 Å². The molecule has 0 saturated carbocycles. The molecule has 0 unspecified atom stereocenters. The van der Waals surface area contributed by atoms with Gasteiger partial charge in [0.05, 0.1) is 0 Å². The zero-order chi connectivity index (χ0) is 11.9. The van der Waals surface area contributed by atoms with Crippen LogP contribution in [0.4, 0.5) is 0 Å². The maximum absolute atomic E-state index is 3.51. The van der Waals surface area contributed by atoms with Crippen LogP contribution in [-0.4, -0.2) is 11.1 Å². The number of aromatic nitrogens is 1. The van der Waals surface area contributed by atoms with Gasteiger partial charge in [-0.05, 0) is 36.4 Å². The Balaban J connectivity index is 1.72. The van der Waals surface area contributed by atoms with E-state index in [4.69, 9.17) is 0 Å². The fourth-order valence-corrected chi connectivity index (χ4v) is 2.66. The predicted octanol–water partition coefficient (Wildman–Crippen LogP) is 3.29. The summed E-state index contributed by atoms with van der Waals surface area (Å²) in [4.78, 5) is 1.46. The van der Waals surface area contributed by atoms with E-state index in [0.717, 1.165) is 26.1 Å². The van der Waals surface area contributed by atoms with Crippen molar-refractivity contribution < 1.29 is 0 Å². The van der Waals surface area contributed by atoms with Crippen LogP contribution in [0.5, 0.6) is 0 Å². The van der Waals surface area contributed by atoms with E-state index in [0.29, 0.717) is 0 Å². The summed E-state index contributed by atoms with van der Waals surface area (Å²) in [5, 5.41) is 5.65. The first-order chi connectivity index (χ1) is 8.40. The number of nitrogens with zero attached hydrogens (tertiary/aromatic N) is 1. The van der Waals surface area contributed by atoms with Crippen LogP contribution in [0.2, 0.25) is 0 Å². The lowest BCUT2D eigenvalue weighted by atomic mass is 10.3. The highest BCUT2D eigenvalue weighted by Crippen LogP contribution is 2.08. The van der Waals surface area contributed by atoms with Crippen LogP contribution in [0.3, 0.4) is 0 Å². The molecule has 2 nitrogen and oxygen atoms in total. The average Bonchev–Trinajstić information content (AvgIpc) is 2.96. The summed E-state index contributed by atoms with van der Waals surface area (Å²) >= 11 is 1.84. The summed E-state index contributed by atoms with van der Waals surface area (Å²) in [5.74, 6) is 0. The molecule has 1 N–H and O–H groups in total. The fourth-order valence-electron chi connectivity index (χ4n) is 1.95. The molecule has 0 fully saturated rings. The summed E-state index contributed by atoms with van der Waals surface area (Å²) in [5.41, 5.74) is 1.39. The van der Waals surface area contributed by atoms with Gasteiger partial charge >= 0.3 is 0 Å².